The van der Waals surface area contributed by atoms with Crippen molar-refractivity contribution in [3.8, 4) is 5.69 Å². The Morgan fingerprint density at radius 3 is 2.75 bits per heavy atom. The van der Waals surface area contributed by atoms with Crippen molar-refractivity contribution >= 4 is 51.1 Å². The third kappa shape index (κ3) is 4.15. The Bertz CT molecular complexity index is 1060. The summed E-state index contributed by atoms with van der Waals surface area (Å²) in [5, 5.41) is 10.3. The van der Waals surface area contributed by atoms with Gasteiger partial charge in [0, 0.05) is 11.9 Å². The van der Waals surface area contributed by atoms with E-state index in [4.69, 9.17) is 16.3 Å². The number of imide groups is 1. The Morgan fingerprint density at radius 1 is 1.29 bits per heavy atom. The van der Waals surface area contributed by atoms with Crippen LogP contribution in [0, 0.1) is 6.92 Å². The normalized spacial score (nSPS) is 10.7. The first kappa shape index (κ1) is 19.8. The Balaban J connectivity index is 1.77. The summed E-state index contributed by atoms with van der Waals surface area (Å²) in [4.78, 5) is 36.3. The number of urea groups is 1. The zero-order valence-corrected chi connectivity index (χ0v) is 16.7. The maximum Gasteiger partial charge on any atom is 0.348 e. The molecule has 0 radical (unpaired) electrons. The number of rotatable bonds is 5. The first-order chi connectivity index (χ1) is 13.4. The van der Waals surface area contributed by atoms with Crippen molar-refractivity contribution in [3.05, 3.63) is 45.9 Å². The van der Waals surface area contributed by atoms with Gasteiger partial charge in [0.25, 0.3) is 5.91 Å². The summed E-state index contributed by atoms with van der Waals surface area (Å²) in [6.07, 6.45) is 0. The maximum absolute atomic E-state index is 12.3. The highest BCUT2D eigenvalue weighted by Crippen LogP contribution is 2.32. The molecule has 8 nitrogen and oxygen atoms in total. The molecule has 0 aliphatic heterocycles. The van der Waals surface area contributed by atoms with Gasteiger partial charge >= 0.3 is 12.0 Å². The van der Waals surface area contributed by atoms with Gasteiger partial charge in [0.2, 0.25) is 0 Å². The van der Waals surface area contributed by atoms with E-state index < -0.39 is 24.5 Å². The van der Waals surface area contributed by atoms with Gasteiger partial charge in [-0.15, -0.1) is 11.3 Å². The fourth-order valence-corrected chi connectivity index (χ4v) is 3.79. The molecule has 0 spiro atoms. The molecule has 3 amide bonds. The molecule has 0 saturated carbocycles. The lowest BCUT2D eigenvalue weighted by molar-refractivity contribution is -0.123. The minimum atomic E-state index is -0.709. The summed E-state index contributed by atoms with van der Waals surface area (Å²) in [6.45, 7) is 3.37. The van der Waals surface area contributed by atoms with Crippen molar-refractivity contribution in [3.63, 3.8) is 0 Å². The molecule has 3 aromatic rings. The molecule has 0 fully saturated rings. The van der Waals surface area contributed by atoms with Gasteiger partial charge in [-0.2, -0.15) is 5.10 Å². The second kappa shape index (κ2) is 8.41. The number of carbonyl (C=O) groups is 3. The second-order valence-electron chi connectivity index (χ2n) is 5.76. The summed E-state index contributed by atoms with van der Waals surface area (Å²) in [6, 6.07) is 8.29. The summed E-state index contributed by atoms with van der Waals surface area (Å²) >= 11 is 7.45. The topological polar surface area (TPSA) is 102 Å². The van der Waals surface area contributed by atoms with Gasteiger partial charge < -0.3 is 10.1 Å². The molecule has 3 rings (SSSR count). The first-order valence-electron chi connectivity index (χ1n) is 8.39. The predicted molar refractivity (Wildman–Crippen MR) is 106 cm³/mol. The SMILES string of the molecule is CCNC(=O)NC(=O)COC(=O)c1cc2c(C)nn(-c3ccccc3Cl)c2s1. The van der Waals surface area contributed by atoms with Crippen molar-refractivity contribution in [1.29, 1.82) is 0 Å². The molecule has 0 aliphatic rings. The highest BCUT2D eigenvalue weighted by atomic mass is 35.5. The van der Waals surface area contributed by atoms with E-state index in [1.54, 1.807) is 23.7 Å². The molecule has 2 aromatic heterocycles. The lowest BCUT2D eigenvalue weighted by Crippen LogP contribution is -2.41. The molecular formula is C18H17ClN4O4S. The van der Waals surface area contributed by atoms with Crippen molar-refractivity contribution < 1.29 is 19.1 Å². The number of esters is 1. The number of hydrogen-bond donors (Lipinski definition) is 2. The lowest BCUT2D eigenvalue weighted by atomic mass is 10.3. The second-order valence-corrected chi connectivity index (χ2v) is 7.20. The minimum Gasteiger partial charge on any atom is -0.451 e. The van der Waals surface area contributed by atoms with E-state index in [-0.39, 0.29) is 0 Å². The van der Waals surface area contributed by atoms with Gasteiger partial charge in [-0.1, -0.05) is 23.7 Å². The average Bonchev–Trinajstić information content (AvgIpc) is 3.21. The molecule has 0 bridgehead atoms. The van der Waals surface area contributed by atoms with Crippen LogP contribution in [0.4, 0.5) is 4.79 Å². The number of halogens is 1. The molecular weight excluding hydrogens is 404 g/mol. The number of ether oxygens (including phenoxy) is 1. The van der Waals surface area contributed by atoms with Crippen LogP contribution in [0.25, 0.3) is 15.9 Å². The van der Waals surface area contributed by atoms with E-state index in [1.165, 1.54) is 11.3 Å². The largest absolute Gasteiger partial charge is 0.451 e. The molecule has 0 unspecified atom stereocenters. The van der Waals surface area contributed by atoms with Gasteiger partial charge in [-0.25, -0.2) is 14.3 Å². The molecule has 146 valence electrons. The predicted octanol–water partition coefficient (Wildman–Crippen LogP) is 3.05. The Kier molecular flexibility index (Phi) is 5.96. The van der Waals surface area contributed by atoms with Crippen LogP contribution < -0.4 is 10.6 Å². The molecule has 28 heavy (non-hydrogen) atoms. The monoisotopic (exact) mass is 420 g/mol. The number of nitrogens with zero attached hydrogens (tertiary/aromatic N) is 2. The van der Waals surface area contributed by atoms with Gasteiger partial charge in [0.1, 0.15) is 9.71 Å². The Labute approximate surface area is 169 Å². The number of nitrogens with one attached hydrogen (secondary N) is 2. The number of benzene rings is 1. The number of aryl methyl sites for hydroxylation is 1. The van der Waals surface area contributed by atoms with Crippen LogP contribution in [0.5, 0.6) is 0 Å². The molecule has 2 heterocycles. The molecule has 1 aromatic carbocycles. The van der Waals surface area contributed by atoms with Crippen molar-refractivity contribution in [1.82, 2.24) is 20.4 Å². The standard InChI is InChI=1S/C18H17ClN4O4S/c1-3-20-18(26)21-15(24)9-27-17(25)14-8-11-10(2)22-23(16(11)28-14)13-7-5-4-6-12(13)19/h4-8H,3,9H2,1-2H3,(H2,20,21,24,26). The Morgan fingerprint density at radius 2 is 2.04 bits per heavy atom. The number of amides is 3. The summed E-state index contributed by atoms with van der Waals surface area (Å²) in [5.41, 5.74) is 1.43. The van der Waals surface area contributed by atoms with Crippen LogP contribution in [-0.4, -0.2) is 40.8 Å². The number of para-hydroxylation sites is 1. The van der Waals surface area contributed by atoms with E-state index in [9.17, 15) is 14.4 Å². The zero-order valence-electron chi connectivity index (χ0n) is 15.1. The van der Waals surface area contributed by atoms with Gasteiger partial charge in [-0.05, 0) is 32.0 Å². The lowest BCUT2D eigenvalue weighted by Gasteiger charge is -2.05. The van der Waals surface area contributed by atoms with Crippen LogP contribution in [0.2, 0.25) is 5.02 Å². The molecule has 0 atom stereocenters. The van der Waals surface area contributed by atoms with Gasteiger partial charge in [-0.3, -0.25) is 10.1 Å². The smallest absolute Gasteiger partial charge is 0.348 e. The summed E-state index contributed by atoms with van der Waals surface area (Å²) < 4.78 is 6.68. The number of aromatic nitrogens is 2. The molecule has 0 aliphatic carbocycles. The fraction of sp³-hybridized carbons (Fsp3) is 0.222. The third-order valence-corrected chi connectivity index (χ3v) is 5.16. The van der Waals surface area contributed by atoms with Crippen LogP contribution in [0.15, 0.2) is 30.3 Å². The molecule has 0 saturated heterocycles. The van der Waals surface area contributed by atoms with E-state index in [0.717, 1.165) is 15.9 Å². The van der Waals surface area contributed by atoms with Crippen LogP contribution in [0.1, 0.15) is 22.3 Å². The third-order valence-electron chi connectivity index (χ3n) is 3.75. The van der Waals surface area contributed by atoms with Crippen molar-refractivity contribution in [2.24, 2.45) is 0 Å². The van der Waals surface area contributed by atoms with Crippen LogP contribution >= 0.6 is 22.9 Å². The Hall–Kier alpha value is -2.91. The molecule has 10 heteroatoms. The minimum absolute atomic E-state index is 0.321. The van der Waals surface area contributed by atoms with E-state index in [0.29, 0.717) is 22.1 Å². The highest BCUT2D eigenvalue weighted by molar-refractivity contribution is 7.20. The fourth-order valence-electron chi connectivity index (χ4n) is 2.50. The molecule has 2 N–H and O–H groups in total. The number of thiophene rings is 1. The number of fused-ring (bicyclic) bond motifs is 1. The van der Waals surface area contributed by atoms with Crippen molar-refractivity contribution in [2.75, 3.05) is 13.2 Å². The first-order valence-corrected chi connectivity index (χ1v) is 9.59. The van der Waals surface area contributed by atoms with Gasteiger partial charge in [0.05, 0.1) is 16.4 Å². The maximum atomic E-state index is 12.3. The summed E-state index contributed by atoms with van der Waals surface area (Å²) in [7, 11) is 0. The average molecular weight is 421 g/mol. The van der Waals surface area contributed by atoms with Crippen molar-refractivity contribution in [2.45, 2.75) is 13.8 Å². The summed E-state index contributed by atoms with van der Waals surface area (Å²) in [5.74, 6) is -1.36. The quantitative estimate of drug-likeness (QED) is 0.617. The van der Waals surface area contributed by atoms with Crippen LogP contribution in [-0.2, 0) is 9.53 Å². The van der Waals surface area contributed by atoms with E-state index >= 15 is 0 Å². The van der Waals surface area contributed by atoms with E-state index in [1.807, 2.05) is 25.1 Å². The highest BCUT2D eigenvalue weighted by Gasteiger charge is 2.20. The van der Waals surface area contributed by atoms with Gasteiger partial charge in [0.15, 0.2) is 6.61 Å². The zero-order chi connectivity index (χ0) is 20.3. The number of hydrogen-bond acceptors (Lipinski definition) is 6. The van der Waals surface area contributed by atoms with E-state index in [2.05, 4.69) is 15.7 Å². The number of carbonyl (C=O) groups excluding carboxylic acids is 3. The van der Waals surface area contributed by atoms with Crippen LogP contribution in [0.3, 0.4) is 0 Å².